The summed E-state index contributed by atoms with van der Waals surface area (Å²) in [5, 5.41) is 0. The molecule has 0 fully saturated rings. The van der Waals surface area contributed by atoms with Crippen LogP contribution in [0.25, 0.3) is 17.7 Å². The minimum Gasteiger partial charge on any atom is -0.113 e. The van der Waals surface area contributed by atoms with Gasteiger partial charge in [-0.05, 0) is 48.6 Å². The topological polar surface area (TPSA) is 0 Å². The zero-order valence-electron chi connectivity index (χ0n) is 16.1. The molecular formula is C26H20S2. The first-order chi connectivity index (χ1) is 13.8. The maximum Gasteiger partial charge on any atom is 0.0591 e. The van der Waals surface area contributed by atoms with Gasteiger partial charge in [-0.3, -0.25) is 0 Å². The van der Waals surface area contributed by atoms with Crippen molar-refractivity contribution in [1.29, 1.82) is 0 Å². The van der Waals surface area contributed by atoms with E-state index in [0.717, 1.165) is 33.3 Å². The fourth-order valence-electron chi connectivity index (χ4n) is 3.47. The molecule has 0 spiro atoms. The Bertz CT molecular complexity index is 1140. The third-order valence-electron chi connectivity index (χ3n) is 4.71. The Hall–Kier alpha value is -2.48. The van der Waals surface area contributed by atoms with Crippen molar-refractivity contribution in [1.82, 2.24) is 0 Å². The van der Waals surface area contributed by atoms with E-state index in [-0.39, 0.29) is 0 Å². The van der Waals surface area contributed by atoms with E-state index in [0.29, 0.717) is 0 Å². The molecule has 28 heavy (non-hydrogen) atoms. The number of hydrogen-bond donors (Lipinski definition) is 0. The maximum absolute atomic E-state index is 3.62. The van der Waals surface area contributed by atoms with Crippen LogP contribution in [0.2, 0.25) is 0 Å². The second kappa shape index (κ2) is 8.68. The van der Waals surface area contributed by atoms with Crippen molar-refractivity contribution >= 4 is 41.2 Å². The maximum atomic E-state index is 3.62. The summed E-state index contributed by atoms with van der Waals surface area (Å²) < 4.78 is 0. The molecule has 4 rings (SSSR count). The van der Waals surface area contributed by atoms with Crippen LogP contribution in [-0.4, -0.2) is 5.75 Å². The smallest absolute Gasteiger partial charge is 0.0591 e. The van der Waals surface area contributed by atoms with Crippen molar-refractivity contribution < 1.29 is 0 Å². The number of thioether (sulfide) groups is 2. The van der Waals surface area contributed by atoms with Crippen LogP contribution in [0.15, 0.2) is 56.9 Å². The summed E-state index contributed by atoms with van der Waals surface area (Å²) in [6, 6.07) is 4.53. The molecule has 2 bridgehead atoms. The standard InChI is InChI=1S/C26H20S2/c1-3-6-21-12-9-19-11-15-25-20-10-13-22(7-4-2)28-23(18-20)14-16-26(25)24(19)8-5-17-27-21/h5,8,11-16H,9-10,17H2,1-2H3/b8-5-,21-12-. The van der Waals surface area contributed by atoms with Crippen molar-refractivity contribution in [2.45, 2.75) is 26.7 Å². The highest BCUT2D eigenvalue weighted by Gasteiger charge is 2.17. The lowest BCUT2D eigenvalue weighted by Crippen LogP contribution is -1.97. The lowest BCUT2D eigenvalue weighted by molar-refractivity contribution is 1.24. The SMILES string of the molecule is CC#CC1=CCC2=C=C(C=Cc3c2ccc2c3/C=C\CS/C(C#CC)=C\C2)S1. The number of hydrogen-bond acceptors (Lipinski definition) is 2. The third kappa shape index (κ3) is 4.01. The van der Waals surface area contributed by atoms with Crippen LogP contribution >= 0.6 is 23.5 Å². The monoisotopic (exact) mass is 396 g/mol. The van der Waals surface area contributed by atoms with Gasteiger partial charge in [0.25, 0.3) is 0 Å². The van der Waals surface area contributed by atoms with E-state index in [2.05, 4.69) is 78.0 Å². The first-order valence-electron chi connectivity index (χ1n) is 9.35. The molecule has 1 aromatic carbocycles. The van der Waals surface area contributed by atoms with E-state index in [1.807, 2.05) is 25.6 Å². The summed E-state index contributed by atoms with van der Waals surface area (Å²) in [6.45, 7) is 3.78. The number of allylic oxidation sites excluding steroid dienone is 5. The Labute approximate surface area is 176 Å². The van der Waals surface area contributed by atoms with Gasteiger partial charge in [-0.15, -0.1) is 29.3 Å². The quantitative estimate of drug-likeness (QED) is 0.348. The summed E-state index contributed by atoms with van der Waals surface area (Å²) in [4.78, 5) is 3.41. The average Bonchev–Trinajstić information content (AvgIpc) is 2.95. The molecule has 0 amide bonds. The van der Waals surface area contributed by atoms with E-state index in [1.165, 1.54) is 27.8 Å². The van der Waals surface area contributed by atoms with E-state index < -0.39 is 0 Å². The molecular weight excluding hydrogens is 376 g/mol. The molecule has 0 N–H and O–H groups in total. The summed E-state index contributed by atoms with van der Waals surface area (Å²) >= 11 is 3.52. The second-order valence-corrected chi connectivity index (χ2v) is 8.66. The van der Waals surface area contributed by atoms with Gasteiger partial charge < -0.3 is 0 Å². The first kappa shape index (κ1) is 18.9. The molecule has 0 saturated carbocycles. The van der Waals surface area contributed by atoms with Crippen molar-refractivity contribution in [2.75, 3.05) is 5.75 Å². The van der Waals surface area contributed by atoms with Crippen molar-refractivity contribution in [3.8, 4) is 23.7 Å². The van der Waals surface area contributed by atoms with Gasteiger partial charge in [-0.1, -0.05) is 66.1 Å². The van der Waals surface area contributed by atoms with Gasteiger partial charge in [0.05, 0.1) is 14.7 Å². The Kier molecular flexibility index (Phi) is 5.85. The molecule has 136 valence electrons. The normalized spacial score (nSPS) is 20.1. The highest BCUT2D eigenvalue weighted by atomic mass is 32.2. The molecule has 0 radical (unpaired) electrons. The van der Waals surface area contributed by atoms with Gasteiger partial charge in [0.15, 0.2) is 0 Å². The summed E-state index contributed by atoms with van der Waals surface area (Å²) in [5.41, 5.74) is 10.1. The number of benzene rings is 1. The molecule has 0 aromatic heterocycles. The van der Waals surface area contributed by atoms with Gasteiger partial charge in [-0.2, -0.15) is 0 Å². The molecule has 2 heteroatoms. The molecule has 2 heterocycles. The van der Waals surface area contributed by atoms with Crippen molar-refractivity contribution in [3.05, 3.63) is 79.1 Å². The van der Waals surface area contributed by atoms with E-state index in [4.69, 9.17) is 0 Å². The van der Waals surface area contributed by atoms with Gasteiger partial charge in [0.2, 0.25) is 0 Å². The number of fused-ring (bicyclic) bond motifs is 4. The Balaban J connectivity index is 1.80. The van der Waals surface area contributed by atoms with Crippen molar-refractivity contribution in [3.63, 3.8) is 0 Å². The number of rotatable bonds is 0. The molecule has 0 nitrogen and oxygen atoms in total. The van der Waals surface area contributed by atoms with Crippen molar-refractivity contribution in [2.24, 2.45) is 0 Å². The van der Waals surface area contributed by atoms with E-state index in [9.17, 15) is 0 Å². The summed E-state index contributed by atoms with van der Waals surface area (Å²) in [5.74, 6) is 13.4. The molecule has 3 aliphatic rings. The minimum absolute atomic E-state index is 0.865. The zero-order chi connectivity index (χ0) is 19.3. The lowest BCUT2D eigenvalue weighted by Gasteiger charge is -2.14. The fourth-order valence-corrected chi connectivity index (χ4v) is 5.08. The molecule has 1 aromatic rings. The highest BCUT2D eigenvalue weighted by molar-refractivity contribution is 8.07. The highest BCUT2D eigenvalue weighted by Crippen LogP contribution is 2.38. The van der Waals surface area contributed by atoms with Crippen LogP contribution in [0, 0.1) is 23.7 Å². The van der Waals surface area contributed by atoms with Gasteiger partial charge in [-0.25, -0.2) is 0 Å². The average molecular weight is 397 g/mol. The Morgan fingerprint density at radius 3 is 2.57 bits per heavy atom. The third-order valence-corrected chi connectivity index (χ3v) is 6.60. The second-order valence-electron chi connectivity index (χ2n) is 6.51. The molecule has 2 aliphatic heterocycles. The van der Waals surface area contributed by atoms with E-state index >= 15 is 0 Å². The van der Waals surface area contributed by atoms with Crippen LogP contribution < -0.4 is 0 Å². The Morgan fingerprint density at radius 1 is 0.893 bits per heavy atom. The van der Waals surface area contributed by atoms with Crippen LogP contribution in [0.4, 0.5) is 0 Å². The zero-order valence-corrected chi connectivity index (χ0v) is 17.7. The predicted octanol–water partition coefficient (Wildman–Crippen LogP) is 6.83. The van der Waals surface area contributed by atoms with Crippen LogP contribution in [0.5, 0.6) is 0 Å². The largest absolute Gasteiger partial charge is 0.113 e. The molecule has 1 aliphatic carbocycles. The molecule has 0 unspecified atom stereocenters. The summed E-state index contributed by atoms with van der Waals surface area (Å²) in [7, 11) is 0. The van der Waals surface area contributed by atoms with Gasteiger partial charge in [0, 0.05) is 17.7 Å². The van der Waals surface area contributed by atoms with Crippen LogP contribution in [0.3, 0.4) is 0 Å². The molecule has 0 atom stereocenters. The van der Waals surface area contributed by atoms with E-state index in [1.54, 1.807) is 11.8 Å². The predicted molar refractivity (Wildman–Crippen MR) is 126 cm³/mol. The summed E-state index contributed by atoms with van der Waals surface area (Å²) in [6.07, 6.45) is 15.2. The van der Waals surface area contributed by atoms with Gasteiger partial charge >= 0.3 is 0 Å². The minimum atomic E-state index is 0.865. The van der Waals surface area contributed by atoms with Crippen LogP contribution in [-0.2, 0) is 6.42 Å². The Morgan fingerprint density at radius 2 is 1.71 bits per heavy atom. The fraction of sp³-hybridized carbons (Fsp3) is 0.192. The van der Waals surface area contributed by atoms with Gasteiger partial charge in [0.1, 0.15) is 0 Å². The molecule has 0 saturated heterocycles. The lowest BCUT2D eigenvalue weighted by atomic mass is 9.89. The van der Waals surface area contributed by atoms with Crippen LogP contribution in [0.1, 0.15) is 42.5 Å². The first-order valence-corrected chi connectivity index (χ1v) is 11.2.